The molecule has 6 fully saturated rings. The van der Waals surface area contributed by atoms with Gasteiger partial charge in [0, 0.05) is 18.4 Å². The normalized spacial score (nSPS) is 55.2. The summed E-state index contributed by atoms with van der Waals surface area (Å²) in [6.45, 7) is 17.3. The van der Waals surface area contributed by atoms with E-state index in [-0.39, 0.29) is 63.6 Å². The second-order valence-electron chi connectivity index (χ2n) is 21.2. The maximum Gasteiger partial charge on any atom is 0.187 e. The van der Waals surface area contributed by atoms with E-state index < -0.39 is 79.5 Å². The predicted octanol–water partition coefficient (Wildman–Crippen LogP) is 2.41. The largest absolute Gasteiger partial charge is 0.396 e. The summed E-state index contributed by atoms with van der Waals surface area (Å²) < 4.78 is 30.8. The maximum atomic E-state index is 12.1. The lowest BCUT2D eigenvalue weighted by molar-refractivity contribution is -0.367. The number of fused-ring (bicyclic) bond motifs is 7. The summed E-state index contributed by atoms with van der Waals surface area (Å²) in [6, 6.07) is 0. The average Bonchev–Trinajstić information content (AvgIpc) is 3.13. The van der Waals surface area contributed by atoms with E-state index in [0.29, 0.717) is 12.8 Å². The van der Waals surface area contributed by atoms with Crippen LogP contribution in [0.4, 0.5) is 0 Å². The van der Waals surface area contributed by atoms with Crippen molar-refractivity contribution in [3.05, 3.63) is 11.6 Å². The van der Waals surface area contributed by atoms with Gasteiger partial charge < -0.3 is 64.5 Å². The third kappa shape index (κ3) is 6.26. The lowest BCUT2D eigenvalue weighted by Crippen LogP contribution is -2.69. The molecule has 56 heavy (non-hydrogen) atoms. The van der Waals surface area contributed by atoms with Crippen LogP contribution in [0.5, 0.6) is 0 Å². The molecule has 7 aliphatic rings. The average molecular weight is 797 g/mol. The first-order chi connectivity index (χ1) is 26.1. The van der Waals surface area contributed by atoms with E-state index in [1.165, 1.54) is 5.57 Å². The van der Waals surface area contributed by atoms with E-state index in [9.17, 15) is 40.9 Å². The molecule has 322 valence electrons. The molecule has 13 heteroatoms. The number of allylic oxidation sites excluding steroid dienone is 1. The molecule has 2 aliphatic heterocycles. The quantitative estimate of drug-likeness (QED) is 0.138. The van der Waals surface area contributed by atoms with Gasteiger partial charge in [-0.1, -0.05) is 60.1 Å². The zero-order valence-electron chi connectivity index (χ0n) is 35.0. The van der Waals surface area contributed by atoms with Gasteiger partial charge in [-0.3, -0.25) is 0 Å². The zero-order chi connectivity index (χ0) is 41.1. The molecule has 0 aromatic heterocycles. The summed E-state index contributed by atoms with van der Waals surface area (Å²) in [4.78, 5) is 0. The Labute approximate surface area is 332 Å². The van der Waals surface area contributed by atoms with Crippen LogP contribution in [0.25, 0.3) is 0 Å². The van der Waals surface area contributed by atoms with Crippen LogP contribution in [0.15, 0.2) is 11.6 Å². The molecule has 0 bridgehead atoms. The first-order valence-electron chi connectivity index (χ1n) is 21.2. The van der Waals surface area contributed by atoms with Crippen molar-refractivity contribution in [2.75, 3.05) is 20.3 Å². The van der Waals surface area contributed by atoms with Crippen molar-refractivity contribution in [3.8, 4) is 0 Å². The van der Waals surface area contributed by atoms with Gasteiger partial charge in [0.15, 0.2) is 12.6 Å². The van der Waals surface area contributed by atoms with Crippen molar-refractivity contribution >= 4 is 0 Å². The summed E-state index contributed by atoms with van der Waals surface area (Å²) in [6.07, 6.45) is -5.92. The second kappa shape index (κ2) is 14.7. The molecule has 0 spiro atoms. The number of rotatable bonds is 7. The molecule has 7 rings (SSSR count). The molecule has 3 unspecified atom stereocenters. The summed E-state index contributed by atoms with van der Waals surface area (Å²) in [5, 5.41) is 86.7. The third-order valence-corrected chi connectivity index (χ3v) is 17.5. The van der Waals surface area contributed by atoms with Crippen LogP contribution < -0.4 is 0 Å². The van der Waals surface area contributed by atoms with Crippen LogP contribution in [0, 0.1) is 50.2 Å². The zero-order valence-corrected chi connectivity index (χ0v) is 35.0. The molecule has 5 aliphatic carbocycles. The minimum absolute atomic E-state index is 0.0206. The Balaban J connectivity index is 1.15. The van der Waals surface area contributed by atoms with Gasteiger partial charge in [0.25, 0.3) is 0 Å². The molecule has 0 aromatic carbocycles. The molecular weight excluding hydrogens is 724 g/mol. The Hall–Kier alpha value is -0.780. The Bertz CT molecular complexity index is 1470. The summed E-state index contributed by atoms with van der Waals surface area (Å²) in [5.74, 6) is 0.413. The fourth-order valence-electron chi connectivity index (χ4n) is 14.0. The Kier molecular flexibility index (Phi) is 11.4. The van der Waals surface area contributed by atoms with Gasteiger partial charge in [-0.05, 0) is 97.2 Å². The van der Waals surface area contributed by atoms with Crippen LogP contribution in [-0.4, -0.2) is 141 Å². The topological polar surface area (TPSA) is 208 Å². The third-order valence-electron chi connectivity index (χ3n) is 17.5. The van der Waals surface area contributed by atoms with E-state index in [2.05, 4.69) is 54.5 Å². The molecule has 0 aromatic rings. The van der Waals surface area contributed by atoms with E-state index in [4.69, 9.17) is 23.7 Å². The van der Waals surface area contributed by atoms with Gasteiger partial charge in [0.1, 0.15) is 42.7 Å². The minimum Gasteiger partial charge on any atom is -0.396 e. The van der Waals surface area contributed by atoms with Crippen LogP contribution in [0.1, 0.15) is 107 Å². The highest BCUT2D eigenvalue weighted by molar-refractivity contribution is 5.37. The molecular formula is C43H72O13. The fraction of sp³-hybridized carbons (Fsp3) is 0.953. The molecule has 13 nitrogen and oxygen atoms in total. The Morgan fingerprint density at radius 3 is 2.07 bits per heavy atom. The standard InChI is InChI=1S/C43H72O13/c1-21-29(47)34(56-36-32(50)31(49)30(48)25(19-44)54-36)33(51)37(53-21)55-28-11-12-40(6)26(39(28,4)5)10-13-41(7)35(40)24(52-9)16-22-23-17-38(2,3)14-15-43(23,20-45)27(46)18-42(22,41)8/h16,21,23-37,44-51H,10-15,17-20H2,1-9H3/t21-,23?,24-,25-,26?,27+,28+,29+,30-,31+,32-,33-,34+,35?,36+,37+,40+,41-,42-,43-/m1/s1. The highest BCUT2D eigenvalue weighted by Gasteiger charge is 2.72. The molecule has 20 atom stereocenters. The van der Waals surface area contributed by atoms with E-state index in [1.807, 2.05) is 7.11 Å². The number of aliphatic hydroxyl groups is 8. The van der Waals surface area contributed by atoms with Crippen LogP contribution >= 0.6 is 0 Å². The van der Waals surface area contributed by atoms with Gasteiger partial charge >= 0.3 is 0 Å². The number of hydrogen-bond acceptors (Lipinski definition) is 13. The number of aliphatic hydroxyl groups excluding tert-OH is 8. The molecule has 4 saturated carbocycles. The molecule has 8 N–H and O–H groups in total. The van der Waals surface area contributed by atoms with Gasteiger partial charge in [0.05, 0.1) is 37.6 Å². The summed E-state index contributed by atoms with van der Waals surface area (Å²) in [7, 11) is 1.82. The summed E-state index contributed by atoms with van der Waals surface area (Å²) in [5.41, 5.74) is -0.117. The molecule has 2 saturated heterocycles. The Morgan fingerprint density at radius 2 is 1.43 bits per heavy atom. The molecule has 0 radical (unpaired) electrons. The maximum absolute atomic E-state index is 12.1. The van der Waals surface area contributed by atoms with E-state index >= 15 is 0 Å². The van der Waals surface area contributed by atoms with Crippen molar-refractivity contribution in [1.82, 2.24) is 0 Å². The lowest BCUT2D eigenvalue weighted by atomic mass is 9.33. The first kappa shape index (κ1) is 43.3. The fourth-order valence-corrected chi connectivity index (χ4v) is 14.0. The number of methoxy groups -OCH3 is 1. The lowest BCUT2D eigenvalue weighted by Gasteiger charge is -2.73. The van der Waals surface area contributed by atoms with Gasteiger partial charge in [-0.2, -0.15) is 0 Å². The van der Waals surface area contributed by atoms with Crippen molar-refractivity contribution in [3.63, 3.8) is 0 Å². The SMILES string of the molecule is CO[C@@H]1C=C2C3CC(C)(C)CC[C@]3(CO)[C@@H](O)C[C@@]2(C)[C@]2(C)CCC3C(C)(C)[C@@H](O[C@@H]4O[C@H](C)[C@H](O)[C@H](O[C@@H]5O[C@H](CO)[C@@H](O)[C@H](O)[C@H]5O)[C@H]4O)CC[C@]3(C)C12. The van der Waals surface area contributed by atoms with Crippen molar-refractivity contribution in [2.24, 2.45) is 50.2 Å². The number of ether oxygens (including phenoxy) is 5. The van der Waals surface area contributed by atoms with E-state index in [1.54, 1.807) is 6.92 Å². The Morgan fingerprint density at radius 1 is 0.750 bits per heavy atom. The van der Waals surface area contributed by atoms with Crippen LogP contribution in [0.3, 0.4) is 0 Å². The van der Waals surface area contributed by atoms with Gasteiger partial charge in [-0.15, -0.1) is 0 Å². The van der Waals surface area contributed by atoms with Crippen LogP contribution in [0.2, 0.25) is 0 Å². The van der Waals surface area contributed by atoms with Crippen LogP contribution in [-0.2, 0) is 23.7 Å². The van der Waals surface area contributed by atoms with Gasteiger partial charge in [-0.25, -0.2) is 0 Å². The highest BCUT2D eigenvalue weighted by Crippen LogP contribution is 2.76. The van der Waals surface area contributed by atoms with Crippen molar-refractivity contribution in [1.29, 1.82) is 0 Å². The minimum atomic E-state index is -1.70. The summed E-state index contributed by atoms with van der Waals surface area (Å²) >= 11 is 0. The van der Waals surface area contributed by atoms with Gasteiger partial charge in [0.2, 0.25) is 0 Å². The molecule has 2 heterocycles. The van der Waals surface area contributed by atoms with Crippen molar-refractivity contribution in [2.45, 2.75) is 186 Å². The first-order valence-corrected chi connectivity index (χ1v) is 21.2. The highest BCUT2D eigenvalue weighted by atomic mass is 16.7. The second-order valence-corrected chi connectivity index (χ2v) is 21.2. The number of hydrogen-bond donors (Lipinski definition) is 8. The monoisotopic (exact) mass is 796 g/mol. The van der Waals surface area contributed by atoms with Crippen molar-refractivity contribution < 1.29 is 64.5 Å². The predicted molar refractivity (Wildman–Crippen MR) is 204 cm³/mol. The smallest absolute Gasteiger partial charge is 0.187 e. The molecule has 0 amide bonds. The van der Waals surface area contributed by atoms with E-state index in [0.717, 1.165) is 38.5 Å².